The van der Waals surface area contributed by atoms with Crippen molar-refractivity contribution in [2.24, 2.45) is 0 Å². The van der Waals surface area contributed by atoms with E-state index in [0.29, 0.717) is 30.9 Å². The summed E-state index contributed by atoms with van der Waals surface area (Å²) in [4.78, 5) is 38.4. The Morgan fingerprint density at radius 3 is 1.65 bits per heavy atom. The van der Waals surface area contributed by atoms with Crippen molar-refractivity contribution in [3.05, 3.63) is 119 Å². The summed E-state index contributed by atoms with van der Waals surface area (Å²) in [6.45, 7) is 6.37. The lowest BCUT2D eigenvalue weighted by atomic mass is 10.0. The lowest BCUT2D eigenvalue weighted by Gasteiger charge is -2.43. The van der Waals surface area contributed by atoms with E-state index in [4.69, 9.17) is 47.4 Å². The molecule has 3 aliphatic heterocycles. The molecule has 4 aromatic rings. The molecule has 13 nitrogen and oxygen atoms in total. The number of aryl methyl sites for hydroxylation is 1. The zero-order valence-corrected chi connectivity index (χ0v) is 31.9. The second-order valence-electron chi connectivity index (χ2n) is 14.3. The summed E-state index contributed by atoms with van der Waals surface area (Å²) in [5.41, 5.74) is 3.95. The molecule has 3 saturated heterocycles. The van der Waals surface area contributed by atoms with E-state index in [-0.39, 0.29) is 43.7 Å². The number of carbonyl (C=O) groups is 3. The largest absolute Gasteiger partial charge is 0.494 e. The van der Waals surface area contributed by atoms with Gasteiger partial charge in [0.2, 0.25) is 0 Å². The lowest BCUT2D eigenvalue weighted by molar-refractivity contribution is -0.328. The predicted molar refractivity (Wildman–Crippen MR) is 204 cm³/mol. The van der Waals surface area contributed by atoms with Gasteiger partial charge in [-0.1, -0.05) is 42.0 Å². The average Bonchev–Trinajstić information content (AvgIpc) is 3.98. The van der Waals surface area contributed by atoms with Crippen LogP contribution in [0.5, 0.6) is 11.5 Å². The second kappa shape index (κ2) is 18.9. The smallest absolute Gasteiger partial charge is 0.343 e. The molecule has 0 N–H and O–H groups in total. The molecule has 7 rings (SSSR count). The Morgan fingerprint density at radius 1 is 0.614 bits per heavy atom. The van der Waals surface area contributed by atoms with Gasteiger partial charge in [-0.05, 0) is 98.5 Å². The third-order valence-electron chi connectivity index (χ3n) is 9.79. The van der Waals surface area contributed by atoms with Gasteiger partial charge in [0.15, 0.2) is 0 Å². The maximum absolute atomic E-state index is 12.9. The number of rotatable bonds is 17. The number of benzene rings is 4. The van der Waals surface area contributed by atoms with Crippen molar-refractivity contribution in [2.45, 2.75) is 56.7 Å². The first-order chi connectivity index (χ1) is 27.7. The van der Waals surface area contributed by atoms with Crippen molar-refractivity contribution in [1.82, 2.24) is 0 Å². The van der Waals surface area contributed by atoms with Gasteiger partial charge in [-0.3, -0.25) is 0 Å². The second-order valence-corrected chi connectivity index (χ2v) is 14.3. The van der Waals surface area contributed by atoms with Gasteiger partial charge in [-0.25, -0.2) is 14.4 Å². The van der Waals surface area contributed by atoms with Gasteiger partial charge in [0.1, 0.15) is 68.3 Å². The highest BCUT2D eigenvalue weighted by Crippen LogP contribution is 2.28. The Bertz CT molecular complexity index is 1940. The van der Waals surface area contributed by atoms with Crippen molar-refractivity contribution in [3.63, 3.8) is 0 Å². The van der Waals surface area contributed by atoms with E-state index in [2.05, 4.69) is 0 Å². The van der Waals surface area contributed by atoms with Crippen LogP contribution < -0.4 is 9.47 Å². The van der Waals surface area contributed by atoms with E-state index < -0.39 is 42.3 Å². The first-order valence-corrected chi connectivity index (χ1v) is 19.0. The third kappa shape index (κ3) is 11.0. The average molecular weight is 783 g/mol. The van der Waals surface area contributed by atoms with Crippen LogP contribution >= 0.6 is 0 Å². The molecule has 0 radical (unpaired) electrons. The summed E-state index contributed by atoms with van der Waals surface area (Å²) in [5.74, 6) is -0.546. The molecule has 13 heteroatoms. The summed E-state index contributed by atoms with van der Waals surface area (Å²) in [6, 6.07) is 28.1. The van der Waals surface area contributed by atoms with Gasteiger partial charge in [-0.15, -0.1) is 0 Å². The molecule has 4 aromatic carbocycles. The molecule has 3 fully saturated rings. The van der Waals surface area contributed by atoms with E-state index in [1.807, 2.05) is 62.4 Å². The number of fused-ring (bicyclic) bond motifs is 1. The van der Waals surface area contributed by atoms with Crippen LogP contribution in [0.1, 0.15) is 56.4 Å². The van der Waals surface area contributed by atoms with Crippen molar-refractivity contribution in [1.29, 1.82) is 0 Å². The molecule has 57 heavy (non-hydrogen) atoms. The van der Waals surface area contributed by atoms with Crippen molar-refractivity contribution in [2.75, 3.05) is 53.2 Å². The molecule has 5 atom stereocenters. The lowest BCUT2D eigenvalue weighted by Crippen LogP contribution is -2.59. The minimum absolute atomic E-state index is 0.0500. The van der Waals surface area contributed by atoms with E-state index in [1.54, 1.807) is 24.3 Å². The molecule has 3 aliphatic rings. The minimum Gasteiger partial charge on any atom is -0.494 e. The zero-order valence-electron chi connectivity index (χ0n) is 31.9. The normalized spacial score (nSPS) is 22.5. The topological polar surface area (TPSA) is 147 Å². The molecule has 3 heterocycles. The van der Waals surface area contributed by atoms with E-state index >= 15 is 0 Å². The fraction of sp³-hybridized carbons (Fsp3) is 0.386. The zero-order chi connectivity index (χ0) is 39.6. The Morgan fingerprint density at radius 2 is 1.09 bits per heavy atom. The maximum Gasteiger partial charge on any atom is 0.343 e. The number of esters is 3. The van der Waals surface area contributed by atoms with Gasteiger partial charge < -0.3 is 47.4 Å². The summed E-state index contributed by atoms with van der Waals surface area (Å²) in [7, 11) is 0. The van der Waals surface area contributed by atoms with Crippen molar-refractivity contribution in [3.8, 4) is 22.6 Å². The monoisotopic (exact) mass is 782 g/mol. The molecule has 5 unspecified atom stereocenters. The highest BCUT2D eigenvalue weighted by Gasteiger charge is 2.45. The van der Waals surface area contributed by atoms with Gasteiger partial charge >= 0.3 is 17.9 Å². The van der Waals surface area contributed by atoms with Gasteiger partial charge in [-0.2, -0.15) is 0 Å². The van der Waals surface area contributed by atoms with Gasteiger partial charge in [0, 0.05) is 6.61 Å². The van der Waals surface area contributed by atoms with Crippen LogP contribution in [0.4, 0.5) is 0 Å². The molecule has 0 aliphatic carbocycles. The summed E-state index contributed by atoms with van der Waals surface area (Å²) in [6.07, 6.45) is -0.657. The number of hydrogen-bond donors (Lipinski definition) is 0. The van der Waals surface area contributed by atoms with Crippen LogP contribution in [0.15, 0.2) is 97.1 Å². The Labute approximate surface area is 331 Å². The molecule has 0 amide bonds. The maximum atomic E-state index is 12.9. The quantitative estimate of drug-likeness (QED) is 0.0508. The van der Waals surface area contributed by atoms with Gasteiger partial charge in [0.05, 0.1) is 36.5 Å². The van der Waals surface area contributed by atoms with Crippen molar-refractivity contribution >= 4 is 17.9 Å². The summed E-state index contributed by atoms with van der Waals surface area (Å²) < 4.78 is 56.3. The molecule has 300 valence electrons. The number of carbonyl (C=O) groups excluding carboxylic acids is 3. The predicted octanol–water partition coefficient (Wildman–Crippen LogP) is 6.34. The van der Waals surface area contributed by atoms with E-state index in [1.165, 1.54) is 24.3 Å². The van der Waals surface area contributed by atoms with Crippen LogP contribution in [0, 0.1) is 6.92 Å². The number of epoxide rings is 1. The SMILES string of the molecule is Cc1ccc(C(=O)OCC2OCOC3C(COC(=O)c4ccc(OC(=O)c5ccc(-c6ccc(OCCCCOCC7(C)CO7)cc6)cc5)cc4)OCOC23)cc1. The molecule has 0 spiro atoms. The third-order valence-corrected chi connectivity index (χ3v) is 9.79. The Kier molecular flexibility index (Phi) is 13.3. The molecule has 0 bridgehead atoms. The summed E-state index contributed by atoms with van der Waals surface area (Å²) in [5, 5.41) is 0. The summed E-state index contributed by atoms with van der Waals surface area (Å²) >= 11 is 0. The van der Waals surface area contributed by atoms with Crippen LogP contribution in [0.2, 0.25) is 0 Å². The number of ether oxygens (including phenoxy) is 10. The first-order valence-electron chi connectivity index (χ1n) is 19.0. The first kappa shape index (κ1) is 40.1. The van der Waals surface area contributed by atoms with Crippen LogP contribution in [-0.4, -0.2) is 101 Å². The highest BCUT2D eigenvalue weighted by atomic mass is 16.8. The Balaban J connectivity index is 0.826. The molecule has 0 aromatic heterocycles. The number of unbranched alkanes of at least 4 members (excludes halogenated alkanes) is 1. The number of hydrogen-bond acceptors (Lipinski definition) is 13. The van der Waals surface area contributed by atoms with Crippen LogP contribution in [0.25, 0.3) is 11.1 Å². The fourth-order valence-corrected chi connectivity index (χ4v) is 6.24. The molecular formula is C44H46O13. The minimum atomic E-state index is -0.644. The molecular weight excluding hydrogens is 736 g/mol. The van der Waals surface area contributed by atoms with Gasteiger partial charge in [0.25, 0.3) is 0 Å². The molecule has 0 saturated carbocycles. The standard InChI is InChI=1S/C44H46O13/c1-29-5-7-32(8-6-29)41(45)50-23-37-39-40(55-27-52-37)38(53-28-54-39)24-51-42(46)33-15-19-36(20-16-33)57-43(47)34-11-9-30(10-12-34)31-13-17-35(18-14-31)49-22-4-3-21-48-25-44(2)26-56-44/h5-20,37-40H,3-4,21-28H2,1-2H3. The van der Waals surface area contributed by atoms with Crippen LogP contribution in [-0.2, 0) is 37.9 Å². The highest BCUT2D eigenvalue weighted by molar-refractivity contribution is 5.92. The van der Waals surface area contributed by atoms with Crippen molar-refractivity contribution < 1.29 is 61.8 Å². The van der Waals surface area contributed by atoms with Crippen LogP contribution in [0.3, 0.4) is 0 Å². The fourth-order valence-electron chi connectivity index (χ4n) is 6.24. The van der Waals surface area contributed by atoms with E-state index in [9.17, 15) is 14.4 Å². The van der Waals surface area contributed by atoms with E-state index in [0.717, 1.165) is 41.9 Å². The Hall–Kier alpha value is -5.15.